The van der Waals surface area contributed by atoms with Gasteiger partial charge in [0.25, 0.3) is 0 Å². The Kier molecular flexibility index (Phi) is 7.98. The number of benzene rings is 2. The van der Waals surface area contributed by atoms with Crippen LogP contribution in [0.25, 0.3) is 0 Å². The Morgan fingerprint density at radius 2 is 1.72 bits per heavy atom. The SMILES string of the molecule is COc1ccc(CN(C(=O)CCc2ccc3c(c2)OCO3)[C@@H](C)C(=O)NCC(C)C)cc1. The molecule has 7 nitrogen and oxygen atoms in total. The fourth-order valence-corrected chi connectivity index (χ4v) is 3.45. The van der Waals surface area contributed by atoms with Crippen molar-refractivity contribution in [3.63, 3.8) is 0 Å². The molecule has 32 heavy (non-hydrogen) atoms. The molecule has 0 spiro atoms. The number of hydrogen-bond acceptors (Lipinski definition) is 5. The van der Waals surface area contributed by atoms with E-state index in [1.165, 1.54) is 0 Å². The van der Waals surface area contributed by atoms with Gasteiger partial charge in [-0.05, 0) is 54.7 Å². The molecule has 0 radical (unpaired) electrons. The Bertz CT molecular complexity index is 926. The number of nitrogens with zero attached hydrogens (tertiary/aromatic N) is 1. The summed E-state index contributed by atoms with van der Waals surface area (Å²) >= 11 is 0. The molecule has 0 unspecified atom stereocenters. The van der Waals surface area contributed by atoms with E-state index >= 15 is 0 Å². The van der Waals surface area contributed by atoms with Crippen LogP contribution in [0.1, 0.15) is 38.3 Å². The van der Waals surface area contributed by atoms with E-state index in [2.05, 4.69) is 5.32 Å². The summed E-state index contributed by atoms with van der Waals surface area (Å²) in [6.07, 6.45) is 0.840. The first-order valence-electron chi connectivity index (χ1n) is 11.0. The molecular weight excluding hydrogens is 408 g/mol. The number of hydrogen-bond donors (Lipinski definition) is 1. The predicted octanol–water partition coefficient (Wildman–Crippen LogP) is 3.55. The van der Waals surface area contributed by atoms with E-state index in [-0.39, 0.29) is 25.0 Å². The van der Waals surface area contributed by atoms with Gasteiger partial charge in [0, 0.05) is 19.5 Å². The van der Waals surface area contributed by atoms with Crippen LogP contribution >= 0.6 is 0 Å². The first kappa shape index (κ1) is 23.4. The molecule has 2 amide bonds. The maximum atomic E-state index is 13.2. The second kappa shape index (κ2) is 10.9. The monoisotopic (exact) mass is 440 g/mol. The minimum Gasteiger partial charge on any atom is -0.497 e. The van der Waals surface area contributed by atoms with E-state index in [4.69, 9.17) is 14.2 Å². The molecule has 1 aliphatic rings. The molecule has 0 saturated carbocycles. The van der Waals surface area contributed by atoms with Crippen molar-refractivity contribution in [3.8, 4) is 17.2 Å². The molecule has 3 rings (SSSR count). The molecule has 1 aliphatic heterocycles. The van der Waals surface area contributed by atoms with Crippen LogP contribution < -0.4 is 19.5 Å². The number of aryl methyl sites for hydroxylation is 1. The van der Waals surface area contributed by atoms with Gasteiger partial charge < -0.3 is 24.4 Å². The lowest BCUT2D eigenvalue weighted by Gasteiger charge is -2.29. The van der Waals surface area contributed by atoms with Crippen molar-refractivity contribution in [1.82, 2.24) is 10.2 Å². The Morgan fingerprint density at radius 3 is 2.41 bits per heavy atom. The zero-order chi connectivity index (χ0) is 23.1. The van der Waals surface area contributed by atoms with Gasteiger partial charge in [-0.2, -0.15) is 0 Å². The van der Waals surface area contributed by atoms with Crippen molar-refractivity contribution in [2.45, 2.75) is 46.2 Å². The number of nitrogens with one attached hydrogen (secondary N) is 1. The van der Waals surface area contributed by atoms with Gasteiger partial charge >= 0.3 is 0 Å². The molecule has 0 saturated heterocycles. The van der Waals surface area contributed by atoms with Gasteiger partial charge in [0.05, 0.1) is 7.11 Å². The summed E-state index contributed by atoms with van der Waals surface area (Å²) in [5.74, 6) is 2.28. The van der Waals surface area contributed by atoms with Crippen LogP contribution in [-0.2, 0) is 22.6 Å². The van der Waals surface area contributed by atoms with Gasteiger partial charge in [-0.3, -0.25) is 9.59 Å². The molecule has 2 aromatic rings. The highest BCUT2D eigenvalue weighted by molar-refractivity contribution is 5.87. The Labute approximate surface area is 189 Å². The van der Waals surface area contributed by atoms with E-state index < -0.39 is 6.04 Å². The maximum Gasteiger partial charge on any atom is 0.242 e. The quantitative estimate of drug-likeness (QED) is 0.611. The smallest absolute Gasteiger partial charge is 0.242 e. The number of carbonyl (C=O) groups excluding carboxylic acids is 2. The highest BCUT2D eigenvalue weighted by Crippen LogP contribution is 2.32. The Morgan fingerprint density at radius 1 is 1.03 bits per heavy atom. The van der Waals surface area contributed by atoms with Crippen LogP contribution in [0.2, 0.25) is 0 Å². The van der Waals surface area contributed by atoms with E-state index in [0.717, 1.165) is 22.6 Å². The lowest BCUT2D eigenvalue weighted by atomic mass is 10.1. The van der Waals surface area contributed by atoms with Crippen molar-refractivity contribution >= 4 is 11.8 Å². The third-order valence-electron chi connectivity index (χ3n) is 5.43. The molecule has 172 valence electrons. The molecule has 1 atom stereocenters. The number of methoxy groups -OCH3 is 1. The molecule has 2 aromatic carbocycles. The largest absolute Gasteiger partial charge is 0.497 e. The first-order valence-corrected chi connectivity index (χ1v) is 11.0. The summed E-state index contributed by atoms with van der Waals surface area (Å²) in [4.78, 5) is 27.6. The van der Waals surface area contributed by atoms with Crippen LogP contribution in [0, 0.1) is 5.92 Å². The van der Waals surface area contributed by atoms with Crippen LogP contribution in [0.3, 0.4) is 0 Å². The summed E-state index contributed by atoms with van der Waals surface area (Å²) in [7, 11) is 1.61. The van der Waals surface area contributed by atoms with Crippen molar-refractivity contribution in [1.29, 1.82) is 0 Å². The topological polar surface area (TPSA) is 77.1 Å². The lowest BCUT2D eigenvalue weighted by Crippen LogP contribution is -2.48. The number of ether oxygens (including phenoxy) is 3. The molecule has 0 fully saturated rings. The van der Waals surface area contributed by atoms with Crippen molar-refractivity contribution in [2.75, 3.05) is 20.4 Å². The van der Waals surface area contributed by atoms with Crippen molar-refractivity contribution < 1.29 is 23.8 Å². The molecule has 0 aliphatic carbocycles. The third kappa shape index (κ3) is 6.15. The molecule has 1 N–H and O–H groups in total. The zero-order valence-corrected chi connectivity index (χ0v) is 19.2. The Balaban J connectivity index is 1.70. The van der Waals surface area contributed by atoms with Crippen molar-refractivity contribution in [2.24, 2.45) is 5.92 Å². The van der Waals surface area contributed by atoms with Crippen molar-refractivity contribution in [3.05, 3.63) is 53.6 Å². The average molecular weight is 441 g/mol. The summed E-state index contributed by atoms with van der Waals surface area (Å²) in [5.41, 5.74) is 1.93. The summed E-state index contributed by atoms with van der Waals surface area (Å²) in [6.45, 7) is 6.99. The number of amides is 2. The predicted molar refractivity (Wildman–Crippen MR) is 122 cm³/mol. The molecular formula is C25H32N2O5. The van der Waals surface area contributed by atoms with Crippen LogP contribution in [0.4, 0.5) is 0 Å². The molecule has 0 aromatic heterocycles. The second-order valence-electron chi connectivity index (χ2n) is 8.37. The molecule has 0 bridgehead atoms. The fourth-order valence-electron chi connectivity index (χ4n) is 3.45. The van der Waals surface area contributed by atoms with Crippen LogP contribution in [0.5, 0.6) is 17.2 Å². The van der Waals surface area contributed by atoms with Gasteiger partial charge in [-0.1, -0.05) is 32.0 Å². The standard InChI is InChI=1S/C25H32N2O5/c1-17(2)14-26-25(29)18(3)27(15-20-5-9-21(30-4)10-6-20)24(28)12-8-19-7-11-22-23(13-19)32-16-31-22/h5-7,9-11,13,17-18H,8,12,14-16H2,1-4H3,(H,26,29)/t18-/m0/s1. The minimum atomic E-state index is -0.583. The normalized spacial score (nSPS) is 13.0. The summed E-state index contributed by atoms with van der Waals surface area (Å²) in [5, 5.41) is 2.94. The third-order valence-corrected chi connectivity index (χ3v) is 5.43. The number of rotatable bonds is 10. The minimum absolute atomic E-state index is 0.0781. The highest BCUT2D eigenvalue weighted by Gasteiger charge is 2.26. The van der Waals surface area contributed by atoms with Gasteiger partial charge in [0.2, 0.25) is 18.6 Å². The van der Waals surface area contributed by atoms with Gasteiger partial charge in [-0.15, -0.1) is 0 Å². The fraction of sp³-hybridized carbons (Fsp3) is 0.440. The summed E-state index contributed by atoms with van der Waals surface area (Å²) in [6, 6.07) is 12.7. The number of fused-ring (bicyclic) bond motifs is 1. The Hall–Kier alpha value is -3.22. The van der Waals surface area contributed by atoms with Gasteiger partial charge in [0.15, 0.2) is 11.5 Å². The molecule has 7 heteroatoms. The van der Waals surface area contributed by atoms with E-state index in [1.54, 1.807) is 18.9 Å². The van der Waals surface area contributed by atoms with Crippen LogP contribution in [0.15, 0.2) is 42.5 Å². The summed E-state index contributed by atoms with van der Waals surface area (Å²) < 4.78 is 16.0. The highest BCUT2D eigenvalue weighted by atomic mass is 16.7. The lowest BCUT2D eigenvalue weighted by molar-refractivity contribution is -0.140. The maximum absolute atomic E-state index is 13.2. The second-order valence-corrected chi connectivity index (χ2v) is 8.37. The first-order chi connectivity index (χ1) is 15.4. The van der Waals surface area contributed by atoms with E-state index in [9.17, 15) is 9.59 Å². The average Bonchev–Trinajstić information content (AvgIpc) is 3.27. The molecule has 1 heterocycles. The van der Waals surface area contributed by atoms with E-state index in [0.29, 0.717) is 31.2 Å². The van der Waals surface area contributed by atoms with Crippen LogP contribution in [-0.4, -0.2) is 43.2 Å². The van der Waals surface area contributed by atoms with Gasteiger partial charge in [0.1, 0.15) is 11.8 Å². The number of carbonyl (C=O) groups is 2. The zero-order valence-electron chi connectivity index (χ0n) is 19.2. The van der Waals surface area contributed by atoms with E-state index in [1.807, 2.05) is 56.3 Å². The van der Waals surface area contributed by atoms with Gasteiger partial charge in [-0.25, -0.2) is 0 Å².